The van der Waals surface area contributed by atoms with Gasteiger partial charge in [-0.1, -0.05) is 30.7 Å². The highest BCUT2D eigenvalue weighted by atomic mass is 16.3. The number of aliphatic hydroxyl groups is 1. The summed E-state index contributed by atoms with van der Waals surface area (Å²) in [6.07, 6.45) is 5.74. The van der Waals surface area contributed by atoms with Gasteiger partial charge in [-0.2, -0.15) is 0 Å². The SMILES string of the molecule is CCNC(=NCc1ccc(CN2CCC(O)CC2)cc1)NCCN1CCCCC1. The number of rotatable bonds is 8. The van der Waals surface area contributed by atoms with Crippen molar-refractivity contribution in [1.29, 1.82) is 0 Å². The quantitative estimate of drug-likeness (QED) is 0.460. The monoisotopic (exact) mass is 401 g/mol. The zero-order valence-electron chi connectivity index (χ0n) is 18.1. The fourth-order valence-electron chi connectivity index (χ4n) is 4.11. The van der Waals surface area contributed by atoms with E-state index in [2.05, 4.69) is 51.6 Å². The molecule has 0 amide bonds. The highest BCUT2D eigenvalue weighted by Crippen LogP contribution is 2.14. The Balaban J connectivity index is 1.43. The molecule has 6 heteroatoms. The van der Waals surface area contributed by atoms with Gasteiger partial charge in [0.1, 0.15) is 0 Å². The first kappa shape index (κ1) is 22.1. The standard InChI is InChI=1S/C23H39N5O/c1-2-24-23(25-12-17-27-13-4-3-5-14-27)26-18-20-6-8-21(9-7-20)19-28-15-10-22(29)11-16-28/h6-9,22,29H,2-5,10-19H2,1H3,(H2,24,25,26). The van der Waals surface area contributed by atoms with Crippen LogP contribution in [0.1, 0.15) is 50.2 Å². The van der Waals surface area contributed by atoms with E-state index in [1.165, 1.54) is 43.5 Å². The predicted molar refractivity (Wildman–Crippen MR) is 120 cm³/mol. The summed E-state index contributed by atoms with van der Waals surface area (Å²) in [6.45, 7) is 11.1. The maximum atomic E-state index is 9.64. The van der Waals surface area contributed by atoms with E-state index in [9.17, 15) is 5.11 Å². The molecule has 0 aliphatic carbocycles. The topological polar surface area (TPSA) is 63.1 Å². The second-order valence-electron chi connectivity index (χ2n) is 8.35. The van der Waals surface area contributed by atoms with Crippen molar-refractivity contribution < 1.29 is 5.11 Å². The molecule has 2 aliphatic heterocycles. The minimum absolute atomic E-state index is 0.106. The molecular weight excluding hydrogens is 362 g/mol. The van der Waals surface area contributed by atoms with Crippen LogP contribution in [0.5, 0.6) is 0 Å². The van der Waals surface area contributed by atoms with E-state index in [0.29, 0.717) is 6.54 Å². The number of aliphatic hydroxyl groups excluding tert-OH is 1. The molecule has 29 heavy (non-hydrogen) atoms. The summed E-state index contributed by atoms with van der Waals surface area (Å²) in [5.74, 6) is 0.903. The Kier molecular flexibility index (Phi) is 9.25. The van der Waals surface area contributed by atoms with Gasteiger partial charge >= 0.3 is 0 Å². The number of likely N-dealkylation sites (tertiary alicyclic amines) is 2. The summed E-state index contributed by atoms with van der Waals surface area (Å²) < 4.78 is 0. The van der Waals surface area contributed by atoms with Crippen LogP contribution in [0.25, 0.3) is 0 Å². The first-order valence-electron chi connectivity index (χ1n) is 11.5. The molecule has 0 aromatic heterocycles. The molecule has 2 fully saturated rings. The molecule has 3 rings (SSSR count). The Hall–Kier alpha value is -1.63. The van der Waals surface area contributed by atoms with Crippen LogP contribution in [0.15, 0.2) is 29.3 Å². The van der Waals surface area contributed by atoms with Crippen molar-refractivity contribution in [1.82, 2.24) is 20.4 Å². The molecule has 2 saturated heterocycles. The molecular formula is C23H39N5O. The molecule has 0 unspecified atom stereocenters. The predicted octanol–water partition coefficient (Wildman–Crippen LogP) is 2.18. The Morgan fingerprint density at radius 3 is 2.34 bits per heavy atom. The van der Waals surface area contributed by atoms with E-state index < -0.39 is 0 Å². The van der Waals surface area contributed by atoms with Crippen LogP contribution in [-0.2, 0) is 13.1 Å². The van der Waals surface area contributed by atoms with Crippen molar-refractivity contribution in [2.24, 2.45) is 4.99 Å². The van der Waals surface area contributed by atoms with Crippen molar-refractivity contribution in [3.8, 4) is 0 Å². The van der Waals surface area contributed by atoms with Crippen LogP contribution < -0.4 is 10.6 Å². The summed E-state index contributed by atoms with van der Waals surface area (Å²) in [6, 6.07) is 8.81. The van der Waals surface area contributed by atoms with Crippen molar-refractivity contribution in [2.75, 3.05) is 45.8 Å². The Morgan fingerprint density at radius 2 is 1.66 bits per heavy atom. The van der Waals surface area contributed by atoms with Crippen LogP contribution in [-0.4, -0.2) is 72.8 Å². The summed E-state index contributed by atoms with van der Waals surface area (Å²) in [5.41, 5.74) is 2.57. The van der Waals surface area contributed by atoms with Gasteiger partial charge in [0.15, 0.2) is 5.96 Å². The lowest BCUT2D eigenvalue weighted by Gasteiger charge is -2.29. The van der Waals surface area contributed by atoms with Crippen LogP contribution in [0.2, 0.25) is 0 Å². The lowest BCUT2D eigenvalue weighted by Crippen LogP contribution is -2.42. The first-order valence-corrected chi connectivity index (χ1v) is 11.5. The van der Waals surface area contributed by atoms with E-state index in [0.717, 1.165) is 58.1 Å². The highest BCUT2D eigenvalue weighted by Gasteiger charge is 2.16. The van der Waals surface area contributed by atoms with Gasteiger partial charge in [-0.05, 0) is 56.8 Å². The zero-order valence-corrected chi connectivity index (χ0v) is 18.1. The normalized spacial score (nSPS) is 20.0. The van der Waals surface area contributed by atoms with Crippen molar-refractivity contribution in [3.05, 3.63) is 35.4 Å². The maximum absolute atomic E-state index is 9.64. The zero-order chi connectivity index (χ0) is 20.3. The molecule has 2 heterocycles. The Labute approximate surface area is 176 Å². The number of nitrogens with one attached hydrogen (secondary N) is 2. The largest absolute Gasteiger partial charge is 0.393 e. The first-order chi connectivity index (χ1) is 14.2. The van der Waals surface area contributed by atoms with Crippen molar-refractivity contribution in [2.45, 2.75) is 58.2 Å². The van der Waals surface area contributed by atoms with Gasteiger partial charge in [0.2, 0.25) is 0 Å². The Morgan fingerprint density at radius 1 is 0.966 bits per heavy atom. The molecule has 2 aliphatic rings. The number of nitrogens with zero attached hydrogens (tertiary/aromatic N) is 3. The molecule has 0 atom stereocenters. The van der Waals surface area contributed by atoms with Crippen LogP contribution in [0, 0.1) is 0 Å². The number of piperidine rings is 2. The van der Waals surface area contributed by atoms with Crippen LogP contribution in [0.3, 0.4) is 0 Å². The smallest absolute Gasteiger partial charge is 0.191 e. The van der Waals surface area contributed by atoms with Gasteiger partial charge in [-0.25, -0.2) is 4.99 Å². The van der Waals surface area contributed by atoms with Crippen molar-refractivity contribution >= 4 is 5.96 Å². The van der Waals surface area contributed by atoms with E-state index in [1.807, 2.05) is 0 Å². The Bertz CT molecular complexity index is 604. The molecule has 162 valence electrons. The lowest BCUT2D eigenvalue weighted by molar-refractivity contribution is 0.0792. The van der Waals surface area contributed by atoms with Crippen LogP contribution >= 0.6 is 0 Å². The number of guanidine groups is 1. The molecule has 1 aromatic carbocycles. The van der Waals surface area contributed by atoms with E-state index in [1.54, 1.807) is 0 Å². The third-order valence-corrected chi connectivity index (χ3v) is 5.92. The van der Waals surface area contributed by atoms with E-state index in [-0.39, 0.29) is 6.10 Å². The average molecular weight is 402 g/mol. The van der Waals surface area contributed by atoms with Gasteiger partial charge < -0.3 is 20.6 Å². The fraction of sp³-hybridized carbons (Fsp3) is 0.696. The number of hydrogen-bond donors (Lipinski definition) is 3. The summed E-state index contributed by atoms with van der Waals surface area (Å²) in [4.78, 5) is 9.73. The maximum Gasteiger partial charge on any atom is 0.191 e. The molecule has 0 radical (unpaired) electrons. The van der Waals surface area contributed by atoms with Crippen LogP contribution in [0.4, 0.5) is 0 Å². The number of benzene rings is 1. The number of hydrogen-bond acceptors (Lipinski definition) is 4. The third-order valence-electron chi connectivity index (χ3n) is 5.92. The summed E-state index contributed by atoms with van der Waals surface area (Å²) in [7, 11) is 0. The molecule has 1 aromatic rings. The highest BCUT2D eigenvalue weighted by molar-refractivity contribution is 5.79. The van der Waals surface area contributed by atoms with E-state index >= 15 is 0 Å². The summed E-state index contributed by atoms with van der Waals surface area (Å²) in [5, 5.41) is 16.5. The minimum Gasteiger partial charge on any atom is -0.393 e. The van der Waals surface area contributed by atoms with Gasteiger partial charge in [-0.3, -0.25) is 4.90 Å². The second kappa shape index (κ2) is 12.2. The van der Waals surface area contributed by atoms with Gasteiger partial charge in [0.25, 0.3) is 0 Å². The van der Waals surface area contributed by atoms with E-state index in [4.69, 9.17) is 4.99 Å². The van der Waals surface area contributed by atoms with Gasteiger partial charge in [0.05, 0.1) is 12.6 Å². The molecule has 0 saturated carbocycles. The minimum atomic E-state index is -0.106. The van der Waals surface area contributed by atoms with Gasteiger partial charge in [0, 0.05) is 39.3 Å². The number of aliphatic imine (C=N–C) groups is 1. The van der Waals surface area contributed by atoms with Crippen molar-refractivity contribution in [3.63, 3.8) is 0 Å². The molecule has 0 bridgehead atoms. The third kappa shape index (κ3) is 7.96. The fourth-order valence-corrected chi connectivity index (χ4v) is 4.11. The van der Waals surface area contributed by atoms with Gasteiger partial charge in [-0.15, -0.1) is 0 Å². The molecule has 3 N–H and O–H groups in total. The molecule has 6 nitrogen and oxygen atoms in total. The lowest BCUT2D eigenvalue weighted by atomic mass is 10.1. The summed E-state index contributed by atoms with van der Waals surface area (Å²) >= 11 is 0. The molecule has 0 spiro atoms. The second-order valence-corrected chi connectivity index (χ2v) is 8.35. The average Bonchev–Trinajstić information content (AvgIpc) is 2.75.